The van der Waals surface area contributed by atoms with E-state index in [2.05, 4.69) is 18.9 Å². The molecule has 3 unspecified atom stereocenters. The summed E-state index contributed by atoms with van der Waals surface area (Å²) >= 11 is 0. The van der Waals surface area contributed by atoms with Gasteiger partial charge in [0, 0.05) is 23.8 Å². The van der Waals surface area contributed by atoms with Crippen molar-refractivity contribution < 1.29 is 4.79 Å². The molecule has 0 aliphatic heterocycles. The Bertz CT molecular complexity index is 600. The molecule has 110 valence electrons. The quantitative estimate of drug-likeness (QED) is 0.473. The molecule has 1 nitrogen and oxygen atoms in total. The number of carbonyl (C=O) groups is 1. The van der Waals surface area contributed by atoms with Crippen molar-refractivity contribution in [2.24, 2.45) is 23.2 Å². The fourth-order valence-corrected chi connectivity index (χ4v) is 5.84. The summed E-state index contributed by atoms with van der Waals surface area (Å²) < 4.78 is 0. The zero-order valence-corrected chi connectivity index (χ0v) is 13.0. The summed E-state index contributed by atoms with van der Waals surface area (Å²) in [5, 5.41) is 0. The van der Waals surface area contributed by atoms with Gasteiger partial charge in [-0.05, 0) is 56.3 Å². The van der Waals surface area contributed by atoms with Crippen LogP contribution in [0.2, 0.25) is 0 Å². The van der Waals surface area contributed by atoms with Crippen molar-refractivity contribution in [3.8, 4) is 12.3 Å². The second-order valence-corrected chi connectivity index (χ2v) is 7.71. The lowest BCUT2D eigenvalue weighted by Gasteiger charge is -2.51. The Morgan fingerprint density at radius 1 is 1.29 bits per heavy atom. The van der Waals surface area contributed by atoms with Crippen LogP contribution in [0.5, 0.6) is 0 Å². The van der Waals surface area contributed by atoms with Gasteiger partial charge in [0.1, 0.15) is 5.78 Å². The van der Waals surface area contributed by atoms with Crippen LogP contribution in [0.3, 0.4) is 0 Å². The average molecular weight is 280 g/mol. The molecule has 21 heavy (non-hydrogen) atoms. The van der Waals surface area contributed by atoms with Crippen molar-refractivity contribution in [2.45, 2.75) is 58.3 Å². The maximum absolute atomic E-state index is 11.7. The summed E-state index contributed by atoms with van der Waals surface area (Å²) in [4.78, 5) is 11.7. The van der Waals surface area contributed by atoms with E-state index in [1.54, 1.807) is 5.57 Å². The number of ketones is 1. The Morgan fingerprint density at radius 3 is 2.95 bits per heavy atom. The third kappa shape index (κ3) is 1.81. The zero-order chi connectivity index (χ0) is 14.6. The van der Waals surface area contributed by atoms with E-state index in [1.807, 2.05) is 0 Å². The topological polar surface area (TPSA) is 17.1 Å². The van der Waals surface area contributed by atoms with Gasteiger partial charge < -0.3 is 0 Å². The van der Waals surface area contributed by atoms with Gasteiger partial charge in [0.05, 0.1) is 0 Å². The van der Waals surface area contributed by atoms with Gasteiger partial charge in [0.25, 0.3) is 0 Å². The third-order valence-corrected chi connectivity index (χ3v) is 6.94. The predicted octanol–water partition coefficient (Wildman–Crippen LogP) is 4.44. The van der Waals surface area contributed by atoms with Gasteiger partial charge in [-0.1, -0.05) is 30.1 Å². The molecular formula is C20H24O. The number of rotatable bonds is 0. The number of fused-ring (bicyclic) bond motifs is 4. The molecule has 0 heterocycles. The molecule has 0 aromatic heterocycles. The molecular weight excluding hydrogens is 256 g/mol. The average Bonchev–Trinajstić information content (AvgIpc) is 2.83. The van der Waals surface area contributed by atoms with E-state index >= 15 is 0 Å². The Morgan fingerprint density at radius 2 is 2.14 bits per heavy atom. The summed E-state index contributed by atoms with van der Waals surface area (Å²) in [5.74, 6) is 5.73. The van der Waals surface area contributed by atoms with Crippen molar-refractivity contribution in [1.82, 2.24) is 0 Å². The molecule has 0 N–H and O–H groups in total. The number of allylic oxidation sites excluding steroid dienone is 4. The number of terminal acetylenes is 1. The highest BCUT2D eigenvalue weighted by Gasteiger charge is 2.52. The first-order chi connectivity index (χ1) is 10.1. The molecule has 0 saturated heterocycles. The van der Waals surface area contributed by atoms with Gasteiger partial charge in [-0.3, -0.25) is 4.79 Å². The van der Waals surface area contributed by atoms with Crippen LogP contribution in [0.25, 0.3) is 0 Å². The van der Waals surface area contributed by atoms with Crippen LogP contribution in [0.4, 0.5) is 0 Å². The van der Waals surface area contributed by atoms with E-state index in [0.717, 1.165) is 37.0 Å². The molecule has 0 radical (unpaired) electrons. The van der Waals surface area contributed by atoms with Crippen LogP contribution in [0, 0.1) is 35.5 Å². The minimum Gasteiger partial charge on any atom is -0.299 e. The van der Waals surface area contributed by atoms with Crippen molar-refractivity contribution >= 4 is 5.78 Å². The molecule has 0 amide bonds. The predicted molar refractivity (Wildman–Crippen MR) is 84.5 cm³/mol. The summed E-state index contributed by atoms with van der Waals surface area (Å²) in [7, 11) is 0. The van der Waals surface area contributed by atoms with Gasteiger partial charge in [0.15, 0.2) is 0 Å². The van der Waals surface area contributed by atoms with Gasteiger partial charge in [0.2, 0.25) is 0 Å². The Balaban J connectivity index is 1.66. The fraction of sp³-hybridized carbons (Fsp3) is 0.650. The molecule has 1 saturated carbocycles. The summed E-state index contributed by atoms with van der Waals surface area (Å²) in [6, 6.07) is 0. The van der Waals surface area contributed by atoms with Crippen molar-refractivity contribution in [2.75, 3.05) is 0 Å². The molecule has 1 heteroatoms. The van der Waals surface area contributed by atoms with Crippen molar-refractivity contribution in [3.05, 3.63) is 22.8 Å². The first-order valence-corrected chi connectivity index (χ1v) is 8.53. The molecule has 4 aliphatic carbocycles. The number of carbonyl (C=O) groups excluding carboxylic acids is 1. The SMILES string of the molecule is C#CC1=CCC2C3CCC4=C(CCC(=O)C4)C3CC[C@]12C. The first kappa shape index (κ1) is 13.4. The van der Waals surface area contributed by atoms with Crippen LogP contribution in [0.1, 0.15) is 58.3 Å². The van der Waals surface area contributed by atoms with E-state index in [9.17, 15) is 4.79 Å². The summed E-state index contributed by atoms with van der Waals surface area (Å²) in [6.45, 7) is 2.40. The van der Waals surface area contributed by atoms with Crippen LogP contribution < -0.4 is 0 Å². The molecule has 4 atom stereocenters. The van der Waals surface area contributed by atoms with Gasteiger partial charge in [-0.25, -0.2) is 0 Å². The van der Waals surface area contributed by atoms with E-state index in [1.165, 1.54) is 43.3 Å². The molecule has 4 aliphatic rings. The third-order valence-electron chi connectivity index (χ3n) is 6.94. The Hall–Kier alpha value is -1.29. The molecule has 0 bridgehead atoms. The lowest BCUT2D eigenvalue weighted by atomic mass is 9.53. The largest absolute Gasteiger partial charge is 0.299 e. The van der Waals surface area contributed by atoms with E-state index in [-0.39, 0.29) is 5.41 Å². The second kappa shape index (κ2) is 4.60. The fourth-order valence-electron chi connectivity index (χ4n) is 5.84. The molecule has 0 aromatic rings. The highest BCUT2D eigenvalue weighted by Crippen LogP contribution is 2.61. The minimum absolute atomic E-state index is 0.262. The van der Waals surface area contributed by atoms with E-state index in [0.29, 0.717) is 5.78 Å². The first-order valence-electron chi connectivity index (χ1n) is 8.53. The van der Waals surface area contributed by atoms with E-state index < -0.39 is 0 Å². The normalized spacial score (nSPS) is 41.8. The number of hydrogen-bond acceptors (Lipinski definition) is 1. The Kier molecular flexibility index (Phi) is 2.93. The smallest absolute Gasteiger partial charge is 0.137 e. The molecule has 0 aromatic carbocycles. The van der Waals surface area contributed by atoms with Gasteiger partial charge in [-0.15, -0.1) is 6.42 Å². The number of hydrogen-bond donors (Lipinski definition) is 0. The van der Waals surface area contributed by atoms with E-state index in [4.69, 9.17) is 6.42 Å². The van der Waals surface area contributed by atoms with Crippen LogP contribution in [-0.2, 0) is 4.79 Å². The highest BCUT2D eigenvalue weighted by atomic mass is 16.1. The standard InChI is InChI=1S/C20H24O/c1-3-14-5-9-19-18-7-4-13-12-15(21)6-8-16(13)17(18)10-11-20(14,19)2/h1,5,17-19H,4,6-12H2,2H3/t17?,18?,19?,20-/m1/s1. The lowest BCUT2D eigenvalue weighted by Crippen LogP contribution is -2.42. The molecule has 1 fully saturated rings. The maximum atomic E-state index is 11.7. The monoisotopic (exact) mass is 280 g/mol. The maximum Gasteiger partial charge on any atom is 0.137 e. The second-order valence-electron chi connectivity index (χ2n) is 7.71. The van der Waals surface area contributed by atoms with Gasteiger partial charge in [-0.2, -0.15) is 0 Å². The number of Topliss-reactive ketones (excluding diaryl/α,β-unsaturated/α-hetero) is 1. The molecule has 4 rings (SSSR count). The van der Waals surface area contributed by atoms with Gasteiger partial charge >= 0.3 is 0 Å². The summed E-state index contributed by atoms with van der Waals surface area (Å²) in [5.41, 5.74) is 4.73. The van der Waals surface area contributed by atoms with Crippen LogP contribution in [-0.4, -0.2) is 5.78 Å². The lowest BCUT2D eigenvalue weighted by molar-refractivity contribution is -0.119. The van der Waals surface area contributed by atoms with Crippen LogP contribution in [0.15, 0.2) is 22.8 Å². The van der Waals surface area contributed by atoms with Crippen molar-refractivity contribution in [1.29, 1.82) is 0 Å². The zero-order valence-electron chi connectivity index (χ0n) is 13.0. The minimum atomic E-state index is 0.262. The Labute approximate surface area is 127 Å². The highest BCUT2D eigenvalue weighted by molar-refractivity contribution is 5.82. The summed E-state index contributed by atoms with van der Waals surface area (Å²) in [6.07, 6.45) is 16.8. The molecule has 0 spiro atoms. The van der Waals surface area contributed by atoms with Crippen LogP contribution >= 0.6 is 0 Å². The van der Waals surface area contributed by atoms with Crippen molar-refractivity contribution in [3.63, 3.8) is 0 Å².